The lowest BCUT2D eigenvalue weighted by molar-refractivity contribution is -0.137. The minimum absolute atomic E-state index is 0.0246. The highest BCUT2D eigenvalue weighted by Gasteiger charge is 2.21. The molecule has 106 valence electrons. The highest BCUT2D eigenvalue weighted by atomic mass is 16.5. The summed E-state index contributed by atoms with van der Waals surface area (Å²) in [6.07, 6.45) is 3.28. The van der Waals surface area contributed by atoms with Gasteiger partial charge in [-0.05, 0) is 19.1 Å². The SMILES string of the molecule is CCOC(=O)/C=C/CN1C(=O)CCOc2ccccc21. The Morgan fingerprint density at radius 2 is 2.25 bits per heavy atom. The summed E-state index contributed by atoms with van der Waals surface area (Å²) < 4.78 is 10.3. The second-order valence-corrected chi connectivity index (χ2v) is 4.22. The van der Waals surface area contributed by atoms with Gasteiger partial charge < -0.3 is 14.4 Å². The molecule has 0 saturated carbocycles. The van der Waals surface area contributed by atoms with E-state index in [9.17, 15) is 9.59 Å². The average molecular weight is 275 g/mol. The first-order chi connectivity index (χ1) is 9.72. The molecular weight excluding hydrogens is 258 g/mol. The minimum atomic E-state index is -0.403. The van der Waals surface area contributed by atoms with Crippen molar-refractivity contribution in [2.75, 3.05) is 24.7 Å². The average Bonchev–Trinajstić information content (AvgIpc) is 2.59. The van der Waals surface area contributed by atoms with E-state index in [2.05, 4.69) is 0 Å². The van der Waals surface area contributed by atoms with E-state index in [1.54, 1.807) is 17.9 Å². The first-order valence-electron chi connectivity index (χ1n) is 6.58. The molecule has 2 rings (SSSR count). The first kappa shape index (κ1) is 14.1. The Morgan fingerprint density at radius 3 is 3.05 bits per heavy atom. The van der Waals surface area contributed by atoms with Gasteiger partial charge in [-0.25, -0.2) is 4.79 Å². The monoisotopic (exact) mass is 275 g/mol. The zero-order valence-electron chi connectivity index (χ0n) is 11.4. The van der Waals surface area contributed by atoms with Crippen LogP contribution in [0.2, 0.25) is 0 Å². The lowest BCUT2D eigenvalue weighted by Crippen LogP contribution is -2.30. The summed E-state index contributed by atoms with van der Waals surface area (Å²) >= 11 is 0. The van der Waals surface area contributed by atoms with Crippen LogP contribution in [-0.4, -0.2) is 31.6 Å². The summed E-state index contributed by atoms with van der Waals surface area (Å²) in [7, 11) is 0. The van der Waals surface area contributed by atoms with E-state index in [0.717, 1.165) is 5.69 Å². The third kappa shape index (κ3) is 3.38. The van der Waals surface area contributed by atoms with Crippen LogP contribution in [-0.2, 0) is 14.3 Å². The highest BCUT2D eigenvalue weighted by Crippen LogP contribution is 2.30. The number of amides is 1. The number of ether oxygens (including phenoxy) is 2. The van der Waals surface area contributed by atoms with Gasteiger partial charge >= 0.3 is 5.97 Å². The molecule has 0 radical (unpaired) electrons. The molecule has 0 unspecified atom stereocenters. The lowest BCUT2D eigenvalue weighted by atomic mass is 10.2. The van der Waals surface area contributed by atoms with Gasteiger partial charge in [0, 0.05) is 12.6 Å². The van der Waals surface area contributed by atoms with E-state index in [4.69, 9.17) is 9.47 Å². The Labute approximate surface area is 117 Å². The van der Waals surface area contributed by atoms with Gasteiger partial charge in [0.15, 0.2) is 0 Å². The summed E-state index contributed by atoms with van der Waals surface area (Å²) in [5, 5.41) is 0. The van der Waals surface area contributed by atoms with Gasteiger partial charge in [0.1, 0.15) is 5.75 Å². The molecule has 0 atom stereocenters. The molecule has 0 N–H and O–H groups in total. The third-order valence-corrected chi connectivity index (χ3v) is 2.86. The van der Waals surface area contributed by atoms with Gasteiger partial charge in [-0.3, -0.25) is 4.79 Å². The van der Waals surface area contributed by atoms with Crippen LogP contribution in [0.25, 0.3) is 0 Å². The van der Waals surface area contributed by atoms with Crippen molar-refractivity contribution in [2.45, 2.75) is 13.3 Å². The molecule has 0 fully saturated rings. The maximum atomic E-state index is 12.1. The lowest BCUT2D eigenvalue weighted by Gasteiger charge is -2.19. The van der Waals surface area contributed by atoms with Gasteiger partial charge in [0.25, 0.3) is 0 Å². The Balaban J connectivity index is 2.12. The molecule has 1 heterocycles. The molecule has 0 saturated heterocycles. The van der Waals surface area contributed by atoms with Crippen molar-refractivity contribution < 1.29 is 19.1 Å². The number of esters is 1. The molecule has 0 spiro atoms. The van der Waals surface area contributed by atoms with Crippen LogP contribution in [0.1, 0.15) is 13.3 Å². The van der Waals surface area contributed by atoms with Gasteiger partial charge in [0.2, 0.25) is 5.91 Å². The fourth-order valence-electron chi connectivity index (χ4n) is 1.96. The van der Waals surface area contributed by atoms with Crippen LogP contribution >= 0.6 is 0 Å². The Kier molecular flexibility index (Phi) is 4.76. The summed E-state index contributed by atoms with van der Waals surface area (Å²) in [5.74, 6) is 0.255. The van der Waals surface area contributed by atoms with E-state index < -0.39 is 5.97 Å². The molecular formula is C15H17NO4. The second kappa shape index (κ2) is 6.75. The van der Waals surface area contributed by atoms with Gasteiger partial charge in [-0.2, -0.15) is 0 Å². The number of rotatable bonds is 4. The molecule has 1 aliphatic rings. The molecule has 1 aliphatic heterocycles. The number of anilines is 1. The van der Waals surface area contributed by atoms with Crippen LogP contribution in [0.15, 0.2) is 36.4 Å². The first-order valence-corrected chi connectivity index (χ1v) is 6.58. The topological polar surface area (TPSA) is 55.8 Å². The van der Waals surface area contributed by atoms with Crippen molar-refractivity contribution in [1.82, 2.24) is 0 Å². The van der Waals surface area contributed by atoms with Gasteiger partial charge in [0.05, 0.1) is 25.3 Å². The van der Waals surface area contributed by atoms with E-state index >= 15 is 0 Å². The molecule has 1 amide bonds. The number of nitrogens with zero attached hydrogens (tertiary/aromatic N) is 1. The van der Waals surface area contributed by atoms with Crippen molar-refractivity contribution in [3.05, 3.63) is 36.4 Å². The Hall–Kier alpha value is -2.30. The van der Waals surface area contributed by atoms with E-state index in [-0.39, 0.29) is 5.91 Å². The summed E-state index contributed by atoms with van der Waals surface area (Å²) in [6.45, 7) is 2.77. The van der Waals surface area contributed by atoms with Crippen molar-refractivity contribution >= 4 is 17.6 Å². The fourth-order valence-corrected chi connectivity index (χ4v) is 1.96. The van der Waals surface area contributed by atoms with E-state index in [0.29, 0.717) is 31.9 Å². The number of hydrogen-bond donors (Lipinski definition) is 0. The van der Waals surface area contributed by atoms with E-state index in [1.165, 1.54) is 6.08 Å². The number of carbonyl (C=O) groups excluding carboxylic acids is 2. The highest BCUT2D eigenvalue weighted by molar-refractivity contribution is 5.96. The number of para-hydroxylation sites is 2. The predicted octanol–water partition coefficient (Wildman–Crippen LogP) is 1.92. The maximum absolute atomic E-state index is 12.1. The molecule has 0 aliphatic carbocycles. The number of carbonyl (C=O) groups is 2. The van der Waals surface area contributed by atoms with Gasteiger partial charge in [-0.15, -0.1) is 0 Å². The molecule has 1 aromatic carbocycles. The van der Waals surface area contributed by atoms with Crippen molar-refractivity contribution in [2.24, 2.45) is 0 Å². The number of benzene rings is 1. The van der Waals surface area contributed by atoms with Crippen LogP contribution in [0, 0.1) is 0 Å². The summed E-state index contributed by atoms with van der Waals surface area (Å²) in [4.78, 5) is 24.9. The molecule has 5 heteroatoms. The van der Waals surface area contributed by atoms with E-state index in [1.807, 2.05) is 24.3 Å². The standard InChI is InChI=1S/C15H17NO4/c1-2-19-15(18)8-5-10-16-12-6-3-4-7-13(12)20-11-9-14(16)17/h3-8H,2,9-11H2,1H3/b8-5+. The molecule has 1 aromatic rings. The van der Waals surface area contributed by atoms with Crippen LogP contribution in [0.4, 0.5) is 5.69 Å². The quantitative estimate of drug-likeness (QED) is 0.622. The second-order valence-electron chi connectivity index (χ2n) is 4.22. The predicted molar refractivity (Wildman–Crippen MR) is 74.7 cm³/mol. The van der Waals surface area contributed by atoms with Crippen LogP contribution in [0.5, 0.6) is 5.75 Å². The smallest absolute Gasteiger partial charge is 0.330 e. The zero-order valence-corrected chi connectivity index (χ0v) is 11.4. The Bertz CT molecular complexity index is 524. The van der Waals surface area contributed by atoms with Gasteiger partial charge in [-0.1, -0.05) is 18.2 Å². The normalized spacial score (nSPS) is 14.7. The summed E-state index contributed by atoms with van der Waals surface area (Å²) in [5.41, 5.74) is 0.725. The Morgan fingerprint density at radius 1 is 1.45 bits per heavy atom. The fraction of sp³-hybridized carbons (Fsp3) is 0.333. The van der Waals surface area contributed by atoms with Crippen LogP contribution < -0.4 is 9.64 Å². The minimum Gasteiger partial charge on any atom is -0.491 e. The maximum Gasteiger partial charge on any atom is 0.330 e. The molecule has 5 nitrogen and oxygen atoms in total. The molecule has 0 aromatic heterocycles. The zero-order chi connectivity index (χ0) is 14.4. The van der Waals surface area contributed by atoms with Crippen molar-refractivity contribution in [3.63, 3.8) is 0 Å². The molecule has 0 bridgehead atoms. The number of hydrogen-bond acceptors (Lipinski definition) is 4. The largest absolute Gasteiger partial charge is 0.491 e. The van der Waals surface area contributed by atoms with Crippen molar-refractivity contribution in [3.8, 4) is 5.75 Å². The number of fused-ring (bicyclic) bond motifs is 1. The molecule has 20 heavy (non-hydrogen) atoms. The third-order valence-electron chi connectivity index (χ3n) is 2.86. The van der Waals surface area contributed by atoms with Crippen LogP contribution in [0.3, 0.4) is 0 Å². The summed E-state index contributed by atoms with van der Waals surface area (Å²) in [6, 6.07) is 7.37. The van der Waals surface area contributed by atoms with Crippen molar-refractivity contribution in [1.29, 1.82) is 0 Å².